The molecule has 2 rings (SSSR count). The van der Waals surface area contributed by atoms with Gasteiger partial charge in [-0.05, 0) is 56.5 Å². The molecular formula is C20H29IN4O2. The van der Waals surface area contributed by atoms with Gasteiger partial charge in [-0.15, -0.1) is 24.0 Å². The van der Waals surface area contributed by atoms with Crippen LogP contribution >= 0.6 is 24.0 Å². The molecule has 1 heterocycles. The quantitative estimate of drug-likeness (QED) is 0.337. The number of benzene rings is 1. The number of aromatic nitrogens is 1. The maximum absolute atomic E-state index is 5.63. The van der Waals surface area contributed by atoms with E-state index in [1.807, 2.05) is 50.5 Å². The molecule has 0 fully saturated rings. The first-order valence-corrected chi connectivity index (χ1v) is 8.93. The molecule has 0 aliphatic carbocycles. The van der Waals surface area contributed by atoms with Crippen LogP contribution < -0.4 is 20.1 Å². The zero-order valence-corrected chi connectivity index (χ0v) is 18.7. The molecule has 0 saturated heterocycles. The summed E-state index contributed by atoms with van der Waals surface area (Å²) in [5.74, 6) is 2.17. The van der Waals surface area contributed by atoms with Gasteiger partial charge in [-0.3, -0.25) is 9.98 Å². The molecule has 2 aromatic rings. The summed E-state index contributed by atoms with van der Waals surface area (Å²) in [7, 11) is 1.64. The smallest absolute Gasteiger partial charge is 0.195 e. The summed E-state index contributed by atoms with van der Waals surface area (Å²) in [6.45, 7) is 8.13. The van der Waals surface area contributed by atoms with Crippen LogP contribution in [0.2, 0.25) is 0 Å². The summed E-state index contributed by atoms with van der Waals surface area (Å²) in [5.41, 5.74) is 3.36. The highest BCUT2D eigenvalue weighted by molar-refractivity contribution is 14.0. The van der Waals surface area contributed by atoms with E-state index in [4.69, 9.17) is 9.47 Å². The van der Waals surface area contributed by atoms with Crippen molar-refractivity contribution in [2.24, 2.45) is 4.99 Å². The Hall–Kier alpha value is -2.03. The third kappa shape index (κ3) is 7.24. The van der Waals surface area contributed by atoms with Crippen molar-refractivity contribution in [2.75, 3.05) is 32.1 Å². The van der Waals surface area contributed by atoms with Gasteiger partial charge < -0.3 is 20.1 Å². The van der Waals surface area contributed by atoms with Crippen LogP contribution in [0.1, 0.15) is 25.0 Å². The first-order valence-electron chi connectivity index (χ1n) is 8.93. The highest BCUT2D eigenvalue weighted by atomic mass is 127. The lowest BCUT2D eigenvalue weighted by molar-refractivity contribution is 0.311. The van der Waals surface area contributed by atoms with Crippen molar-refractivity contribution < 1.29 is 9.47 Å². The monoisotopic (exact) mass is 484 g/mol. The predicted octanol–water partition coefficient (Wildman–Crippen LogP) is 4.04. The summed E-state index contributed by atoms with van der Waals surface area (Å²) in [5, 5.41) is 6.59. The summed E-state index contributed by atoms with van der Waals surface area (Å²) < 4.78 is 11.0. The van der Waals surface area contributed by atoms with Crippen molar-refractivity contribution in [1.29, 1.82) is 0 Å². The molecule has 7 heteroatoms. The number of nitrogens with one attached hydrogen (secondary N) is 2. The number of methoxy groups -OCH3 is 1. The van der Waals surface area contributed by atoms with E-state index >= 15 is 0 Å². The third-order valence-corrected chi connectivity index (χ3v) is 3.86. The normalized spacial score (nSPS) is 10.7. The summed E-state index contributed by atoms with van der Waals surface area (Å²) in [6, 6.07) is 7.80. The first-order chi connectivity index (χ1) is 12.7. The summed E-state index contributed by atoms with van der Waals surface area (Å²) in [4.78, 5) is 8.79. The standard InChI is InChI=1S/C20H28N4O2.HI/c1-5-22-20(23-12-10-16-9-11-21-14-15(16)3)24-17-7-8-18(25-4)19(13-17)26-6-2;/h7-9,11,13-14H,5-6,10,12H2,1-4H3,(H2,22,23,24);1H. The molecular weight excluding hydrogens is 455 g/mol. The molecule has 148 valence electrons. The van der Waals surface area contributed by atoms with E-state index < -0.39 is 0 Å². The largest absolute Gasteiger partial charge is 0.493 e. The van der Waals surface area contributed by atoms with Gasteiger partial charge in [0.25, 0.3) is 0 Å². The SMILES string of the molecule is CCNC(=NCCc1ccncc1C)Nc1ccc(OC)c(OCC)c1.I. The van der Waals surface area contributed by atoms with E-state index in [9.17, 15) is 0 Å². The minimum Gasteiger partial charge on any atom is -0.493 e. The van der Waals surface area contributed by atoms with Gasteiger partial charge in [0.05, 0.1) is 13.7 Å². The van der Waals surface area contributed by atoms with Gasteiger partial charge in [0, 0.05) is 37.2 Å². The molecule has 0 bridgehead atoms. The Balaban J connectivity index is 0.00000364. The van der Waals surface area contributed by atoms with Crippen LogP contribution in [0.25, 0.3) is 0 Å². The van der Waals surface area contributed by atoms with E-state index in [1.54, 1.807) is 7.11 Å². The number of hydrogen-bond donors (Lipinski definition) is 2. The molecule has 0 spiro atoms. The lowest BCUT2D eigenvalue weighted by Gasteiger charge is -2.14. The number of hydrogen-bond acceptors (Lipinski definition) is 4. The fraction of sp³-hybridized carbons (Fsp3) is 0.400. The molecule has 1 aromatic heterocycles. The van der Waals surface area contributed by atoms with Crippen molar-refractivity contribution in [1.82, 2.24) is 10.3 Å². The van der Waals surface area contributed by atoms with Gasteiger partial charge in [-0.2, -0.15) is 0 Å². The number of nitrogens with zero attached hydrogens (tertiary/aromatic N) is 2. The van der Waals surface area contributed by atoms with Crippen LogP contribution in [0.15, 0.2) is 41.7 Å². The Kier molecular flexibility index (Phi) is 10.5. The molecule has 0 saturated carbocycles. The number of aryl methyl sites for hydroxylation is 1. The molecule has 0 unspecified atom stereocenters. The van der Waals surface area contributed by atoms with Crippen LogP contribution in [0.4, 0.5) is 5.69 Å². The fourth-order valence-electron chi connectivity index (χ4n) is 2.54. The van der Waals surface area contributed by atoms with Gasteiger partial charge in [0.15, 0.2) is 17.5 Å². The Labute approximate surface area is 178 Å². The zero-order valence-electron chi connectivity index (χ0n) is 16.4. The second kappa shape index (κ2) is 12.4. The van der Waals surface area contributed by atoms with Gasteiger partial charge >= 0.3 is 0 Å². The molecule has 0 atom stereocenters. The molecule has 0 amide bonds. The summed E-state index contributed by atoms with van der Waals surface area (Å²) >= 11 is 0. The third-order valence-electron chi connectivity index (χ3n) is 3.86. The van der Waals surface area contributed by atoms with Crippen molar-refractivity contribution in [3.8, 4) is 11.5 Å². The number of aliphatic imine (C=N–C) groups is 1. The molecule has 0 radical (unpaired) electrons. The van der Waals surface area contributed by atoms with Gasteiger partial charge in [0.1, 0.15) is 0 Å². The Morgan fingerprint density at radius 3 is 2.67 bits per heavy atom. The molecule has 1 aromatic carbocycles. The van der Waals surface area contributed by atoms with Crippen molar-refractivity contribution in [3.63, 3.8) is 0 Å². The Morgan fingerprint density at radius 1 is 1.19 bits per heavy atom. The van der Waals surface area contributed by atoms with E-state index in [-0.39, 0.29) is 24.0 Å². The number of halogens is 1. The Bertz CT molecular complexity index is 738. The number of rotatable bonds is 8. The second-order valence-corrected chi connectivity index (χ2v) is 5.74. The molecule has 6 nitrogen and oxygen atoms in total. The molecule has 0 aliphatic heterocycles. The van der Waals surface area contributed by atoms with Crippen LogP contribution in [0.3, 0.4) is 0 Å². The second-order valence-electron chi connectivity index (χ2n) is 5.74. The fourth-order valence-corrected chi connectivity index (χ4v) is 2.54. The summed E-state index contributed by atoms with van der Waals surface area (Å²) in [6.07, 6.45) is 4.58. The first kappa shape index (κ1) is 23.0. The molecule has 2 N–H and O–H groups in total. The number of anilines is 1. The predicted molar refractivity (Wildman–Crippen MR) is 122 cm³/mol. The number of guanidine groups is 1. The van der Waals surface area contributed by atoms with Gasteiger partial charge in [0.2, 0.25) is 0 Å². The van der Waals surface area contributed by atoms with Crippen LogP contribution in [-0.2, 0) is 6.42 Å². The van der Waals surface area contributed by atoms with Crippen LogP contribution in [-0.4, -0.2) is 37.7 Å². The molecule has 0 aliphatic rings. The zero-order chi connectivity index (χ0) is 18.8. The lowest BCUT2D eigenvalue weighted by Crippen LogP contribution is -2.31. The minimum atomic E-state index is 0. The Morgan fingerprint density at radius 2 is 2.00 bits per heavy atom. The van der Waals surface area contributed by atoms with Crippen molar-refractivity contribution >= 4 is 35.6 Å². The minimum absolute atomic E-state index is 0. The highest BCUT2D eigenvalue weighted by Crippen LogP contribution is 2.30. The lowest BCUT2D eigenvalue weighted by atomic mass is 10.1. The van der Waals surface area contributed by atoms with Crippen LogP contribution in [0.5, 0.6) is 11.5 Å². The average Bonchev–Trinajstić information content (AvgIpc) is 2.64. The van der Waals surface area contributed by atoms with Crippen molar-refractivity contribution in [3.05, 3.63) is 47.8 Å². The molecule has 27 heavy (non-hydrogen) atoms. The number of ether oxygens (including phenoxy) is 2. The van der Waals surface area contributed by atoms with E-state index in [0.29, 0.717) is 24.7 Å². The van der Waals surface area contributed by atoms with E-state index in [1.165, 1.54) is 11.1 Å². The van der Waals surface area contributed by atoms with Crippen molar-refractivity contribution in [2.45, 2.75) is 27.2 Å². The topological polar surface area (TPSA) is 67.8 Å². The maximum atomic E-state index is 5.63. The van der Waals surface area contributed by atoms with E-state index in [0.717, 1.165) is 24.6 Å². The average molecular weight is 484 g/mol. The van der Waals surface area contributed by atoms with Gasteiger partial charge in [-0.1, -0.05) is 0 Å². The van der Waals surface area contributed by atoms with E-state index in [2.05, 4.69) is 27.5 Å². The van der Waals surface area contributed by atoms with Crippen LogP contribution in [0, 0.1) is 6.92 Å². The highest BCUT2D eigenvalue weighted by Gasteiger charge is 2.07. The van der Waals surface area contributed by atoms with Gasteiger partial charge in [-0.25, -0.2) is 0 Å². The number of pyridine rings is 1. The maximum Gasteiger partial charge on any atom is 0.195 e.